The molecule has 0 saturated carbocycles. The van der Waals surface area contributed by atoms with Gasteiger partial charge in [-0.15, -0.1) is 0 Å². The molecular weight excluding hydrogens is 246 g/mol. The van der Waals surface area contributed by atoms with Crippen LogP contribution in [0.4, 0.5) is 0 Å². The summed E-state index contributed by atoms with van der Waals surface area (Å²) in [5.74, 6) is 0.868. The number of aryl methyl sites for hydroxylation is 1. The van der Waals surface area contributed by atoms with Crippen LogP contribution in [0.3, 0.4) is 0 Å². The minimum absolute atomic E-state index is 0.520. The number of rotatable bonds is 5. The zero-order chi connectivity index (χ0) is 12.8. The molecule has 0 spiro atoms. The monoisotopic (exact) mass is 261 g/mol. The molecule has 18 heavy (non-hydrogen) atoms. The molecule has 1 N–H and O–H groups in total. The summed E-state index contributed by atoms with van der Waals surface area (Å²) in [7, 11) is 0. The quantitative estimate of drug-likeness (QED) is 0.664. The van der Waals surface area contributed by atoms with Gasteiger partial charge in [0.15, 0.2) is 5.82 Å². The van der Waals surface area contributed by atoms with Crippen LogP contribution in [0.1, 0.15) is 31.2 Å². The van der Waals surface area contributed by atoms with E-state index in [0.717, 1.165) is 30.7 Å². The van der Waals surface area contributed by atoms with E-state index in [2.05, 4.69) is 27.2 Å². The summed E-state index contributed by atoms with van der Waals surface area (Å²) in [5, 5.41) is 11.3. The van der Waals surface area contributed by atoms with Crippen molar-refractivity contribution >= 4 is 18.4 Å². The summed E-state index contributed by atoms with van der Waals surface area (Å²) in [5.41, 5.74) is 0.981. The van der Waals surface area contributed by atoms with Crippen molar-refractivity contribution in [3.8, 4) is 0 Å². The molecule has 2 rings (SSSR count). The van der Waals surface area contributed by atoms with Gasteiger partial charge in [-0.25, -0.2) is 0 Å². The standard InChI is InChI=1S/C12H15N5S/c1-2-3-4-11-15-16-12(18)17(11)14-9-10-5-7-13-8-6-10/h5-9H,2-4H2,1H3,(H,16,18)/b14-9-. The molecule has 0 atom stereocenters. The third-order valence-electron chi connectivity index (χ3n) is 2.50. The number of aromatic amines is 1. The number of nitrogens with zero attached hydrogens (tertiary/aromatic N) is 4. The maximum atomic E-state index is 5.16. The lowest BCUT2D eigenvalue weighted by atomic mass is 10.2. The molecule has 0 aliphatic heterocycles. The Bertz CT molecular complexity index is 570. The number of hydrogen-bond donors (Lipinski definition) is 1. The van der Waals surface area contributed by atoms with Crippen molar-refractivity contribution < 1.29 is 0 Å². The van der Waals surface area contributed by atoms with Crippen LogP contribution in [0.5, 0.6) is 0 Å². The number of pyridine rings is 1. The molecule has 0 amide bonds. The molecule has 94 valence electrons. The molecule has 5 nitrogen and oxygen atoms in total. The first-order valence-electron chi connectivity index (χ1n) is 5.92. The molecule has 0 radical (unpaired) electrons. The van der Waals surface area contributed by atoms with Crippen LogP contribution < -0.4 is 0 Å². The molecule has 2 heterocycles. The van der Waals surface area contributed by atoms with Gasteiger partial charge in [0.2, 0.25) is 4.77 Å². The number of nitrogens with one attached hydrogen (secondary N) is 1. The van der Waals surface area contributed by atoms with Gasteiger partial charge in [-0.2, -0.15) is 14.9 Å². The third-order valence-corrected chi connectivity index (χ3v) is 2.76. The van der Waals surface area contributed by atoms with Gasteiger partial charge < -0.3 is 0 Å². The fourth-order valence-electron chi connectivity index (χ4n) is 1.51. The van der Waals surface area contributed by atoms with Gasteiger partial charge in [0.05, 0.1) is 6.21 Å². The van der Waals surface area contributed by atoms with E-state index < -0.39 is 0 Å². The lowest BCUT2D eigenvalue weighted by Gasteiger charge is -1.99. The lowest BCUT2D eigenvalue weighted by molar-refractivity contribution is 0.700. The molecule has 6 heteroatoms. The second-order valence-electron chi connectivity index (χ2n) is 3.89. The molecule has 0 saturated heterocycles. The summed E-state index contributed by atoms with van der Waals surface area (Å²) in [6.07, 6.45) is 8.28. The molecule has 0 aliphatic carbocycles. The van der Waals surface area contributed by atoms with Crippen molar-refractivity contribution in [2.45, 2.75) is 26.2 Å². The van der Waals surface area contributed by atoms with Crippen LogP contribution in [0, 0.1) is 4.77 Å². The van der Waals surface area contributed by atoms with Crippen molar-refractivity contribution in [1.29, 1.82) is 0 Å². The highest BCUT2D eigenvalue weighted by Crippen LogP contribution is 2.03. The summed E-state index contributed by atoms with van der Waals surface area (Å²) in [6.45, 7) is 2.14. The largest absolute Gasteiger partial charge is 0.265 e. The van der Waals surface area contributed by atoms with Gasteiger partial charge in [0.1, 0.15) is 0 Å². The summed E-state index contributed by atoms with van der Waals surface area (Å²) in [4.78, 5) is 3.96. The lowest BCUT2D eigenvalue weighted by Crippen LogP contribution is -1.99. The average molecular weight is 261 g/mol. The first-order valence-corrected chi connectivity index (χ1v) is 6.32. The Morgan fingerprint density at radius 1 is 1.44 bits per heavy atom. The predicted octanol–water partition coefficient (Wildman–Crippen LogP) is 2.56. The molecule has 0 bridgehead atoms. The summed E-state index contributed by atoms with van der Waals surface area (Å²) in [6, 6.07) is 3.78. The zero-order valence-electron chi connectivity index (χ0n) is 10.2. The van der Waals surface area contributed by atoms with E-state index >= 15 is 0 Å². The van der Waals surface area contributed by atoms with E-state index in [-0.39, 0.29) is 0 Å². The van der Waals surface area contributed by atoms with Crippen molar-refractivity contribution in [2.24, 2.45) is 5.10 Å². The highest BCUT2D eigenvalue weighted by Gasteiger charge is 2.03. The normalized spacial score (nSPS) is 11.2. The van der Waals surface area contributed by atoms with E-state index in [1.165, 1.54) is 0 Å². The van der Waals surface area contributed by atoms with Crippen LogP contribution in [-0.2, 0) is 6.42 Å². The van der Waals surface area contributed by atoms with E-state index in [9.17, 15) is 0 Å². The molecule has 0 aromatic carbocycles. The predicted molar refractivity (Wildman–Crippen MR) is 73.3 cm³/mol. The van der Waals surface area contributed by atoms with Gasteiger partial charge in [-0.3, -0.25) is 10.1 Å². The Morgan fingerprint density at radius 2 is 2.22 bits per heavy atom. The third kappa shape index (κ3) is 3.10. The molecule has 0 unspecified atom stereocenters. The fourth-order valence-corrected chi connectivity index (χ4v) is 1.71. The van der Waals surface area contributed by atoms with Crippen molar-refractivity contribution in [2.75, 3.05) is 0 Å². The second-order valence-corrected chi connectivity index (χ2v) is 4.27. The van der Waals surface area contributed by atoms with E-state index in [4.69, 9.17) is 12.2 Å². The first-order chi connectivity index (χ1) is 8.81. The van der Waals surface area contributed by atoms with E-state index in [1.807, 2.05) is 12.1 Å². The van der Waals surface area contributed by atoms with Crippen LogP contribution in [-0.4, -0.2) is 26.1 Å². The van der Waals surface area contributed by atoms with Crippen LogP contribution >= 0.6 is 12.2 Å². The highest BCUT2D eigenvalue weighted by molar-refractivity contribution is 7.71. The van der Waals surface area contributed by atoms with Crippen molar-refractivity contribution in [3.05, 3.63) is 40.7 Å². The Morgan fingerprint density at radius 3 is 2.94 bits per heavy atom. The zero-order valence-corrected chi connectivity index (χ0v) is 11.0. The molecule has 0 fully saturated rings. The van der Waals surface area contributed by atoms with Gasteiger partial charge >= 0.3 is 0 Å². The maximum absolute atomic E-state index is 5.16. The Hall–Kier alpha value is -1.82. The average Bonchev–Trinajstić information content (AvgIpc) is 2.76. The van der Waals surface area contributed by atoms with Crippen LogP contribution in [0.2, 0.25) is 0 Å². The Labute approximate surface area is 111 Å². The van der Waals surface area contributed by atoms with Crippen molar-refractivity contribution in [1.82, 2.24) is 19.9 Å². The van der Waals surface area contributed by atoms with E-state index in [1.54, 1.807) is 23.3 Å². The maximum Gasteiger partial charge on any atom is 0.216 e. The molecule has 2 aromatic rings. The summed E-state index contributed by atoms with van der Waals surface area (Å²) < 4.78 is 2.19. The first kappa shape index (κ1) is 12.6. The van der Waals surface area contributed by atoms with Crippen molar-refractivity contribution in [3.63, 3.8) is 0 Å². The minimum Gasteiger partial charge on any atom is -0.265 e. The Balaban J connectivity index is 2.20. The number of H-pyrrole nitrogens is 1. The number of unbranched alkanes of at least 4 members (excludes halogenated alkanes) is 1. The van der Waals surface area contributed by atoms with Gasteiger partial charge in [-0.05, 0) is 36.3 Å². The number of hydrogen-bond acceptors (Lipinski definition) is 4. The number of aromatic nitrogens is 4. The summed E-state index contributed by atoms with van der Waals surface area (Å²) >= 11 is 5.16. The van der Waals surface area contributed by atoms with Gasteiger partial charge in [0.25, 0.3) is 0 Å². The van der Waals surface area contributed by atoms with E-state index in [0.29, 0.717) is 4.77 Å². The Kier molecular flexibility index (Phi) is 4.35. The second kappa shape index (κ2) is 6.20. The highest BCUT2D eigenvalue weighted by atomic mass is 32.1. The van der Waals surface area contributed by atoms with Crippen LogP contribution in [0.25, 0.3) is 0 Å². The van der Waals surface area contributed by atoms with Crippen LogP contribution in [0.15, 0.2) is 29.6 Å². The minimum atomic E-state index is 0.520. The molecular formula is C12H15N5S. The SMILES string of the molecule is CCCCc1n[nH]c(=S)n1/N=C\c1ccncc1. The fraction of sp³-hybridized carbons (Fsp3) is 0.333. The smallest absolute Gasteiger partial charge is 0.216 e. The topological polar surface area (TPSA) is 58.9 Å². The van der Waals surface area contributed by atoms with Gasteiger partial charge in [-0.1, -0.05) is 13.3 Å². The molecule has 0 aliphatic rings. The molecule has 2 aromatic heterocycles. The van der Waals surface area contributed by atoms with Gasteiger partial charge in [0, 0.05) is 18.8 Å².